The minimum absolute atomic E-state index is 0.880. The Balaban J connectivity index is 1.50. The van der Waals surface area contributed by atoms with Crippen LogP contribution in [0.15, 0.2) is 24.3 Å². The van der Waals surface area contributed by atoms with Crippen LogP contribution in [0.5, 0.6) is 0 Å². The van der Waals surface area contributed by atoms with Gasteiger partial charge in [-0.15, -0.1) is 0 Å². The molecule has 0 heteroatoms. The Labute approximate surface area is 213 Å². The van der Waals surface area contributed by atoms with Crippen LogP contribution in [0, 0.1) is 59.2 Å². The van der Waals surface area contributed by atoms with Crippen molar-refractivity contribution in [1.82, 2.24) is 0 Å². The third-order valence-electron chi connectivity index (χ3n) is 11.3. The summed E-state index contributed by atoms with van der Waals surface area (Å²) in [7, 11) is 0. The first kappa shape index (κ1) is 26.5. The van der Waals surface area contributed by atoms with Gasteiger partial charge >= 0.3 is 0 Å². The van der Waals surface area contributed by atoms with Crippen LogP contribution in [0.25, 0.3) is 0 Å². The molecule has 0 heterocycles. The van der Waals surface area contributed by atoms with Crippen molar-refractivity contribution in [2.24, 2.45) is 59.2 Å². The molecular weight excluding hydrogens is 408 g/mol. The first-order valence-electron chi connectivity index (χ1n) is 15.9. The van der Waals surface area contributed by atoms with Crippen LogP contribution in [-0.4, -0.2) is 0 Å². The molecule has 0 saturated heterocycles. The average molecular weight is 467 g/mol. The Morgan fingerprint density at radius 1 is 0.559 bits per heavy atom. The molecule has 6 atom stereocenters. The van der Waals surface area contributed by atoms with Gasteiger partial charge in [-0.2, -0.15) is 0 Å². The van der Waals surface area contributed by atoms with Gasteiger partial charge in [0.25, 0.3) is 0 Å². The van der Waals surface area contributed by atoms with Crippen LogP contribution in [0.4, 0.5) is 0 Å². The normalized spacial score (nSPS) is 44.6. The fourth-order valence-corrected chi connectivity index (χ4v) is 9.67. The standard InChI is InChI=1S/C34H58/c1-5-8-26-12-17-29(18-13-26)31-21-11-25(4)23-33(31)34-24-28(10-7-3)16-22-32(34)30-19-14-27(9-6-2)15-20-30/h5-6,8-9,25-34H,7,10-24H2,1-4H3/b8-5+,9-6+. The lowest BCUT2D eigenvalue weighted by Crippen LogP contribution is -2.43. The molecule has 0 N–H and O–H groups in total. The summed E-state index contributed by atoms with van der Waals surface area (Å²) >= 11 is 0. The zero-order chi connectivity index (χ0) is 23.9. The van der Waals surface area contributed by atoms with Crippen LogP contribution in [0.3, 0.4) is 0 Å². The fourth-order valence-electron chi connectivity index (χ4n) is 9.67. The van der Waals surface area contributed by atoms with Crippen molar-refractivity contribution >= 4 is 0 Å². The molecule has 0 spiro atoms. The smallest absolute Gasteiger partial charge is 0.0233 e. The third kappa shape index (κ3) is 6.62. The van der Waals surface area contributed by atoms with E-state index in [9.17, 15) is 0 Å². The first-order chi connectivity index (χ1) is 16.6. The lowest BCUT2D eigenvalue weighted by atomic mass is 9.54. The molecule has 4 rings (SSSR count). The predicted octanol–water partition coefficient (Wildman–Crippen LogP) is 10.6. The Hall–Kier alpha value is -0.520. The van der Waals surface area contributed by atoms with Gasteiger partial charge in [0.1, 0.15) is 0 Å². The van der Waals surface area contributed by atoms with Gasteiger partial charge < -0.3 is 0 Å². The highest BCUT2D eigenvalue weighted by Gasteiger charge is 2.46. The maximum Gasteiger partial charge on any atom is -0.0233 e. The third-order valence-corrected chi connectivity index (χ3v) is 11.3. The molecule has 4 fully saturated rings. The van der Waals surface area contributed by atoms with E-state index in [-0.39, 0.29) is 0 Å². The lowest BCUT2D eigenvalue weighted by molar-refractivity contribution is -0.0177. The van der Waals surface area contributed by atoms with Crippen LogP contribution in [-0.2, 0) is 0 Å². The Morgan fingerprint density at radius 2 is 1.06 bits per heavy atom. The SMILES string of the molecule is C/C=C/C1CCC(C2CCC(C)CC2C2CC(CCC)CCC2C2CCC(/C=C/C)CC2)CC1. The van der Waals surface area contributed by atoms with E-state index in [4.69, 9.17) is 0 Å². The summed E-state index contributed by atoms with van der Waals surface area (Å²) in [6, 6.07) is 0. The molecule has 0 aromatic heterocycles. The van der Waals surface area contributed by atoms with Crippen molar-refractivity contribution in [3.63, 3.8) is 0 Å². The highest BCUT2D eigenvalue weighted by atomic mass is 14.5. The summed E-state index contributed by atoms with van der Waals surface area (Å²) in [4.78, 5) is 0. The average Bonchev–Trinajstić information content (AvgIpc) is 2.86. The van der Waals surface area contributed by atoms with E-state index in [0.717, 1.165) is 59.2 Å². The highest BCUT2D eigenvalue weighted by molar-refractivity contribution is 4.98. The van der Waals surface area contributed by atoms with Gasteiger partial charge in [0.2, 0.25) is 0 Å². The molecule has 4 saturated carbocycles. The van der Waals surface area contributed by atoms with E-state index in [0.29, 0.717) is 0 Å². The summed E-state index contributed by atoms with van der Waals surface area (Å²) in [5.41, 5.74) is 0. The zero-order valence-electron chi connectivity index (χ0n) is 23.4. The molecule has 0 aliphatic heterocycles. The summed E-state index contributed by atoms with van der Waals surface area (Å²) in [6.07, 6.45) is 33.8. The van der Waals surface area contributed by atoms with Crippen molar-refractivity contribution in [1.29, 1.82) is 0 Å². The van der Waals surface area contributed by atoms with E-state index in [1.807, 2.05) is 0 Å². The Kier molecular flexibility index (Phi) is 10.3. The van der Waals surface area contributed by atoms with Crippen molar-refractivity contribution < 1.29 is 0 Å². The van der Waals surface area contributed by atoms with E-state index in [1.165, 1.54) is 70.6 Å². The molecule has 0 nitrogen and oxygen atoms in total. The molecule has 0 bridgehead atoms. The minimum Gasteiger partial charge on any atom is -0.0914 e. The quantitative estimate of drug-likeness (QED) is 0.327. The second kappa shape index (κ2) is 13.1. The van der Waals surface area contributed by atoms with Gasteiger partial charge in [-0.3, -0.25) is 0 Å². The predicted molar refractivity (Wildman–Crippen MR) is 150 cm³/mol. The second-order valence-corrected chi connectivity index (χ2v) is 13.4. The van der Waals surface area contributed by atoms with Gasteiger partial charge in [0, 0.05) is 0 Å². The van der Waals surface area contributed by atoms with Gasteiger partial charge in [-0.25, -0.2) is 0 Å². The van der Waals surface area contributed by atoms with Crippen molar-refractivity contribution in [3.05, 3.63) is 24.3 Å². The Morgan fingerprint density at radius 3 is 1.56 bits per heavy atom. The summed E-state index contributed by atoms with van der Waals surface area (Å²) in [5, 5.41) is 0. The van der Waals surface area contributed by atoms with Gasteiger partial charge in [0.15, 0.2) is 0 Å². The number of rotatable bonds is 7. The second-order valence-electron chi connectivity index (χ2n) is 13.4. The van der Waals surface area contributed by atoms with Crippen molar-refractivity contribution in [2.45, 2.75) is 130 Å². The number of hydrogen-bond donors (Lipinski definition) is 0. The summed E-state index contributed by atoms with van der Waals surface area (Å²) in [6.45, 7) is 9.45. The minimum atomic E-state index is 0.880. The van der Waals surface area contributed by atoms with E-state index in [1.54, 1.807) is 32.1 Å². The molecule has 0 aromatic rings. The molecule has 0 aromatic carbocycles. The van der Waals surface area contributed by atoms with Crippen LogP contribution >= 0.6 is 0 Å². The zero-order valence-corrected chi connectivity index (χ0v) is 23.4. The van der Waals surface area contributed by atoms with Crippen LogP contribution in [0.2, 0.25) is 0 Å². The van der Waals surface area contributed by atoms with Gasteiger partial charge in [0.05, 0.1) is 0 Å². The molecule has 6 unspecified atom stereocenters. The molecule has 4 aliphatic rings. The van der Waals surface area contributed by atoms with E-state index in [2.05, 4.69) is 52.0 Å². The van der Waals surface area contributed by atoms with Crippen LogP contribution in [0.1, 0.15) is 130 Å². The molecular formula is C34H58. The number of allylic oxidation sites excluding steroid dienone is 4. The maximum absolute atomic E-state index is 2.59. The fraction of sp³-hybridized carbons (Fsp3) is 0.882. The monoisotopic (exact) mass is 466 g/mol. The lowest BCUT2D eigenvalue weighted by Gasteiger charge is -2.52. The largest absolute Gasteiger partial charge is 0.0914 e. The first-order valence-corrected chi connectivity index (χ1v) is 15.9. The van der Waals surface area contributed by atoms with Crippen molar-refractivity contribution in [3.8, 4) is 0 Å². The molecule has 194 valence electrons. The maximum atomic E-state index is 2.59. The van der Waals surface area contributed by atoms with Crippen LogP contribution < -0.4 is 0 Å². The molecule has 34 heavy (non-hydrogen) atoms. The van der Waals surface area contributed by atoms with Gasteiger partial charge in [-0.05, 0) is 150 Å². The van der Waals surface area contributed by atoms with Crippen molar-refractivity contribution in [2.75, 3.05) is 0 Å². The Bertz CT molecular complexity index is 626. The van der Waals surface area contributed by atoms with E-state index < -0.39 is 0 Å². The van der Waals surface area contributed by atoms with E-state index >= 15 is 0 Å². The molecule has 0 amide bonds. The van der Waals surface area contributed by atoms with Gasteiger partial charge in [-0.1, -0.05) is 63.8 Å². The summed E-state index contributed by atoms with van der Waals surface area (Å²) in [5.74, 6) is 10.0. The molecule has 0 radical (unpaired) electrons. The molecule has 4 aliphatic carbocycles. The number of hydrogen-bond acceptors (Lipinski definition) is 0. The topological polar surface area (TPSA) is 0 Å². The summed E-state index contributed by atoms with van der Waals surface area (Å²) < 4.78 is 0. The highest BCUT2D eigenvalue weighted by Crippen LogP contribution is 2.55.